The topological polar surface area (TPSA) is 64.4 Å². The summed E-state index contributed by atoms with van der Waals surface area (Å²) in [4.78, 5) is 15.3. The van der Waals surface area contributed by atoms with Crippen LogP contribution in [-0.2, 0) is 4.79 Å². The van der Waals surface area contributed by atoms with E-state index in [1.807, 2.05) is 32.1 Å². The standard InChI is InChI=1S/C24H26N2O.C3H6O/c1-5-26-21(12-10-16(2)18(4)25)15-20-14-19(11-13-23(20)26)24(27)22-9-7-6-8-17(22)3;1-3(2)4/h8-13,20,25H,5,14-15H2,1-4H3;4H,1H2,2H3/b16-10+,21-12+,25-18?;. The highest BCUT2D eigenvalue weighted by molar-refractivity contribution is 6.11. The number of Topliss-reactive ketones (excluding diaryl/α,β-unsaturated/α-hetero) is 1. The van der Waals surface area contributed by atoms with Crippen LogP contribution in [0.1, 0.15) is 47.5 Å². The summed E-state index contributed by atoms with van der Waals surface area (Å²) in [5.74, 6) is 0.609. The van der Waals surface area contributed by atoms with Crippen molar-refractivity contribution in [2.24, 2.45) is 5.92 Å². The first-order valence-electron chi connectivity index (χ1n) is 10.5. The largest absolute Gasteiger partial charge is 0.513 e. The molecule has 0 spiro atoms. The molecule has 1 saturated heterocycles. The summed E-state index contributed by atoms with van der Waals surface area (Å²) in [7, 11) is 0. The lowest BCUT2D eigenvalue weighted by Gasteiger charge is -2.24. The number of aliphatic hydroxyl groups excluding tert-OH is 1. The van der Waals surface area contributed by atoms with E-state index in [0.29, 0.717) is 11.6 Å². The van der Waals surface area contributed by atoms with E-state index in [1.54, 1.807) is 13.0 Å². The lowest BCUT2D eigenvalue weighted by molar-refractivity contribution is -0.112. The van der Waals surface area contributed by atoms with Crippen LogP contribution < -0.4 is 0 Å². The molecule has 0 bridgehead atoms. The Bertz CT molecular complexity index is 1040. The molecule has 1 aliphatic heterocycles. The van der Waals surface area contributed by atoms with E-state index in [1.165, 1.54) is 18.3 Å². The highest BCUT2D eigenvalue weighted by atomic mass is 16.3. The van der Waals surface area contributed by atoms with Crippen molar-refractivity contribution >= 4 is 11.5 Å². The van der Waals surface area contributed by atoms with Crippen LogP contribution in [0.3, 0.4) is 0 Å². The van der Waals surface area contributed by atoms with Crippen LogP contribution in [-0.4, -0.2) is 28.0 Å². The second kappa shape index (κ2) is 10.6. The summed E-state index contributed by atoms with van der Waals surface area (Å²) in [6, 6.07) is 0. The van der Waals surface area contributed by atoms with Crippen molar-refractivity contribution in [3.8, 4) is 0 Å². The predicted molar refractivity (Wildman–Crippen MR) is 128 cm³/mol. The smallest absolute Gasteiger partial charge is 0.189 e. The lowest BCUT2D eigenvalue weighted by atomic mass is 9.85. The number of hydrogen-bond donors (Lipinski definition) is 2. The Morgan fingerprint density at radius 1 is 1.26 bits per heavy atom. The zero-order valence-corrected chi connectivity index (χ0v) is 19.2. The molecule has 0 amide bonds. The highest BCUT2D eigenvalue weighted by Gasteiger charge is 2.34. The molecular formula is C27H32N2O2. The van der Waals surface area contributed by atoms with E-state index in [4.69, 9.17) is 10.5 Å². The molecule has 3 aliphatic rings. The zero-order chi connectivity index (χ0) is 23.1. The first kappa shape index (κ1) is 24.0. The molecule has 162 valence electrons. The molecular weight excluding hydrogens is 384 g/mol. The van der Waals surface area contributed by atoms with E-state index < -0.39 is 0 Å². The van der Waals surface area contributed by atoms with Crippen LogP contribution in [0.15, 0.2) is 93.9 Å². The van der Waals surface area contributed by atoms with Gasteiger partial charge in [-0.1, -0.05) is 30.2 Å². The lowest BCUT2D eigenvalue weighted by Crippen LogP contribution is -2.20. The van der Waals surface area contributed by atoms with Gasteiger partial charge in [0.1, 0.15) is 0 Å². The first-order chi connectivity index (χ1) is 14.6. The number of aliphatic hydroxyl groups is 1. The minimum atomic E-state index is 0.101. The van der Waals surface area contributed by atoms with E-state index in [9.17, 15) is 4.79 Å². The number of ketones is 1. The third-order valence-electron chi connectivity index (χ3n) is 5.44. The van der Waals surface area contributed by atoms with Crippen molar-refractivity contribution in [1.82, 2.24) is 4.90 Å². The SMILES string of the molecule is C=C(C)O.CCN1C2=CC=C(C(=O)C3=C(C)C=C=C=C3)CC2C/C1=C\C=C(/C)C(C)=N. The van der Waals surface area contributed by atoms with Crippen molar-refractivity contribution < 1.29 is 9.90 Å². The van der Waals surface area contributed by atoms with Gasteiger partial charge in [-0.05, 0) is 82.9 Å². The third-order valence-corrected chi connectivity index (χ3v) is 5.44. The maximum Gasteiger partial charge on any atom is 0.189 e. The molecule has 3 rings (SSSR count). The molecule has 1 unspecified atom stereocenters. The molecule has 0 aromatic carbocycles. The number of hydrogen-bond acceptors (Lipinski definition) is 4. The fraction of sp³-hybridized carbons (Fsp3) is 0.333. The Morgan fingerprint density at radius 3 is 2.48 bits per heavy atom. The van der Waals surface area contributed by atoms with Gasteiger partial charge in [-0.25, -0.2) is 0 Å². The number of allylic oxidation sites excluding steroid dienone is 13. The highest BCUT2D eigenvalue weighted by Crippen LogP contribution is 2.42. The number of rotatable bonds is 5. The monoisotopic (exact) mass is 416 g/mol. The van der Waals surface area contributed by atoms with E-state index >= 15 is 0 Å². The molecule has 1 atom stereocenters. The van der Waals surface area contributed by atoms with Crippen molar-refractivity contribution in [2.45, 2.75) is 47.5 Å². The van der Waals surface area contributed by atoms with Gasteiger partial charge in [-0.2, -0.15) is 0 Å². The summed E-state index contributed by atoms with van der Waals surface area (Å²) in [6.07, 6.45) is 13.5. The first-order valence-corrected chi connectivity index (χ1v) is 10.5. The number of fused-ring (bicyclic) bond motifs is 1. The molecule has 2 aliphatic carbocycles. The molecule has 0 radical (unpaired) electrons. The maximum absolute atomic E-state index is 12.9. The summed E-state index contributed by atoms with van der Waals surface area (Å²) >= 11 is 0. The average Bonchev–Trinajstić information content (AvgIpc) is 3.07. The minimum Gasteiger partial charge on any atom is -0.513 e. The normalized spacial score (nSPS) is 20.8. The number of likely N-dealkylation sites (tertiary alicyclic amines) is 1. The fourth-order valence-corrected chi connectivity index (χ4v) is 3.71. The van der Waals surface area contributed by atoms with Gasteiger partial charge >= 0.3 is 0 Å². The minimum absolute atomic E-state index is 0.101. The Kier molecular flexibility index (Phi) is 8.22. The quantitative estimate of drug-likeness (QED) is 0.316. The van der Waals surface area contributed by atoms with Crippen molar-refractivity contribution in [1.29, 1.82) is 5.41 Å². The Labute approximate surface area is 185 Å². The van der Waals surface area contributed by atoms with Crippen LogP contribution in [0.25, 0.3) is 0 Å². The maximum atomic E-state index is 12.9. The number of nitrogens with one attached hydrogen (secondary N) is 1. The van der Waals surface area contributed by atoms with Gasteiger partial charge in [0, 0.05) is 40.7 Å². The number of nitrogens with zero attached hydrogens (tertiary/aromatic N) is 1. The van der Waals surface area contributed by atoms with Crippen LogP contribution >= 0.6 is 0 Å². The average molecular weight is 417 g/mol. The van der Waals surface area contributed by atoms with E-state index in [0.717, 1.165) is 41.7 Å². The second-order valence-electron chi connectivity index (χ2n) is 8.00. The van der Waals surface area contributed by atoms with Gasteiger partial charge in [-0.15, -0.1) is 0 Å². The van der Waals surface area contributed by atoms with Crippen LogP contribution in [0.5, 0.6) is 0 Å². The summed E-state index contributed by atoms with van der Waals surface area (Å²) in [5, 5.41) is 15.6. The van der Waals surface area contributed by atoms with Gasteiger partial charge in [0.2, 0.25) is 0 Å². The summed E-state index contributed by atoms with van der Waals surface area (Å²) in [5.41, 5.74) is 12.5. The van der Waals surface area contributed by atoms with Gasteiger partial charge in [0.05, 0.1) is 5.76 Å². The van der Waals surface area contributed by atoms with Gasteiger partial charge < -0.3 is 15.4 Å². The van der Waals surface area contributed by atoms with E-state index in [2.05, 4.69) is 42.0 Å². The third kappa shape index (κ3) is 6.08. The molecule has 0 aromatic heterocycles. The zero-order valence-electron chi connectivity index (χ0n) is 19.2. The number of carbonyl (C=O) groups excluding carboxylic acids is 1. The van der Waals surface area contributed by atoms with Gasteiger partial charge in [0.25, 0.3) is 0 Å². The molecule has 1 heterocycles. The Hall–Kier alpha value is -3.32. The molecule has 4 heteroatoms. The fourth-order valence-electron chi connectivity index (χ4n) is 3.71. The number of carbonyl (C=O) groups is 1. The molecule has 0 aromatic rings. The van der Waals surface area contributed by atoms with E-state index in [-0.39, 0.29) is 11.5 Å². The second-order valence-corrected chi connectivity index (χ2v) is 8.00. The summed E-state index contributed by atoms with van der Waals surface area (Å²) in [6.45, 7) is 13.4. The molecule has 4 nitrogen and oxygen atoms in total. The predicted octanol–water partition coefficient (Wildman–Crippen LogP) is 6.26. The van der Waals surface area contributed by atoms with Crippen molar-refractivity contribution in [3.05, 3.63) is 93.9 Å². The molecule has 1 fully saturated rings. The summed E-state index contributed by atoms with van der Waals surface area (Å²) < 4.78 is 0. The van der Waals surface area contributed by atoms with Crippen LogP contribution in [0.2, 0.25) is 0 Å². The molecule has 0 saturated carbocycles. The van der Waals surface area contributed by atoms with Gasteiger partial charge in [-0.3, -0.25) is 4.79 Å². The van der Waals surface area contributed by atoms with Crippen molar-refractivity contribution in [2.75, 3.05) is 6.54 Å². The Balaban J connectivity index is 0.000000785. The van der Waals surface area contributed by atoms with Crippen molar-refractivity contribution in [3.63, 3.8) is 0 Å². The van der Waals surface area contributed by atoms with Gasteiger partial charge in [0.15, 0.2) is 5.78 Å². The molecule has 2 N–H and O–H groups in total. The van der Waals surface area contributed by atoms with Crippen LogP contribution in [0, 0.1) is 11.3 Å². The molecule has 31 heavy (non-hydrogen) atoms. The van der Waals surface area contributed by atoms with Crippen LogP contribution in [0.4, 0.5) is 0 Å². The Morgan fingerprint density at radius 2 is 1.90 bits per heavy atom.